The summed E-state index contributed by atoms with van der Waals surface area (Å²) in [6.45, 7) is 10.1. The molecule has 0 aliphatic heterocycles. The average molecular weight is 167 g/mol. The minimum atomic E-state index is 0.0411. The molecule has 0 aromatic heterocycles. The van der Waals surface area contributed by atoms with Crippen LogP contribution in [0.25, 0.3) is 0 Å². The molecule has 0 heterocycles. The van der Waals surface area contributed by atoms with Crippen molar-refractivity contribution in [3.8, 4) is 0 Å². The molecule has 12 heavy (non-hydrogen) atoms. The van der Waals surface area contributed by atoms with E-state index in [0.717, 1.165) is 0 Å². The van der Waals surface area contributed by atoms with Gasteiger partial charge in [-0.2, -0.15) is 0 Å². The second-order valence-electron chi connectivity index (χ2n) is 2.49. The predicted molar refractivity (Wildman–Crippen MR) is 53.5 cm³/mol. The highest BCUT2D eigenvalue weighted by Crippen LogP contribution is 1.93. The summed E-state index contributed by atoms with van der Waals surface area (Å²) in [6.07, 6.45) is 5.73. The van der Waals surface area contributed by atoms with Crippen LogP contribution in [0.3, 0.4) is 0 Å². The average Bonchev–Trinajstić information content (AvgIpc) is 2.05. The monoisotopic (exact) mass is 167 g/mol. The van der Waals surface area contributed by atoms with Crippen molar-refractivity contribution in [1.29, 1.82) is 0 Å². The van der Waals surface area contributed by atoms with Gasteiger partial charge in [-0.05, 0) is 13.8 Å². The molecule has 0 bridgehead atoms. The number of ether oxygens (including phenoxy) is 1. The molecular weight excluding hydrogens is 150 g/mol. The smallest absolute Gasteiger partial charge is 0.181 e. The maximum atomic E-state index is 5.34. The highest BCUT2D eigenvalue weighted by Gasteiger charge is 1.96. The number of nitrogens with zero attached hydrogens (tertiary/aromatic N) is 1. The summed E-state index contributed by atoms with van der Waals surface area (Å²) < 4.78 is 5.34. The third kappa shape index (κ3) is 5.71. The fourth-order valence-corrected chi connectivity index (χ4v) is 0.641. The van der Waals surface area contributed by atoms with Gasteiger partial charge < -0.3 is 4.74 Å². The van der Waals surface area contributed by atoms with E-state index in [1.807, 2.05) is 32.9 Å². The zero-order valence-electron chi connectivity index (χ0n) is 8.08. The second-order valence-corrected chi connectivity index (χ2v) is 2.49. The van der Waals surface area contributed by atoms with Gasteiger partial charge in [-0.1, -0.05) is 24.8 Å². The fraction of sp³-hybridized carbons (Fsp3) is 0.500. The van der Waals surface area contributed by atoms with Crippen molar-refractivity contribution < 1.29 is 4.74 Å². The van der Waals surface area contributed by atoms with Gasteiger partial charge in [0.15, 0.2) is 5.90 Å². The molecule has 0 aliphatic carbocycles. The van der Waals surface area contributed by atoms with Crippen LogP contribution in [0.1, 0.15) is 20.8 Å². The molecule has 0 rings (SSSR count). The molecular formula is C10H17NO. The number of allylic oxidation sites excluding steroid dienone is 1. The Hall–Kier alpha value is -1.05. The molecule has 1 unspecified atom stereocenters. The quantitative estimate of drug-likeness (QED) is 0.358. The number of hydrogen-bond acceptors (Lipinski definition) is 2. The Balaban J connectivity index is 3.76. The van der Waals surface area contributed by atoms with Gasteiger partial charge in [-0.15, -0.1) is 0 Å². The molecule has 1 atom stereocenters. The Morgan fingerprint density at radius 1 is 1.67 bits per heavy atom. The Labute approximate surface area is 74.7 Å². The van der Waals surface area contributed by atoms with Crippen LogP contribution in [0, 0.1) is 0 Å². The maximum absolute atomic E-state index is 5.34. The molecule has 2 heteroatoms. The Kier molecular flexibility index (Phi) is 6.07. The van der Waals surface area contributed by atoms with E-state index in [2.05, 4.69) is 11.6 Å². The van der Waals surface area contributed by atoms with Crippen molar-refractivity contribution in [1.82, 2.24) is 0 Å². The van der Waals surface area contributed by atoms with Gasteiger partial charge in [-0.25, -0.2) is 0 Å². The van der Waals surface area contributed by atoms with E-state index >= 15 is 0 Å². The number of hydrogen-bond donors (Lipinski definition) is 0. The van der Waals surface area contributed by atoms with Gasteiger partial charge >= 0.3 is 0 Å². The van der Waals surface area contributed by atoms with Gasteiger partial charge in [0.1, 0.15) is 6.10 Å². The molecule has 68 valence electrons. The summed E-state index contributed by atoms with van der Waals surface area (Å²) >= 11 is 0. The minimum absolute atomic E-state index is 0.0411. The normalized spacial score (nSPS) is 14.8. The first-order valence-corrected chi connectivity index (χ1v) is 4.12. The van der Waals surface area contributed by atoms with Crippen molar-refractivity contribution in [3.05, 3.63) is 24.8 Å². The summed E-state index contributed by atoms with van der Waals surface area (Å²) in [5, 5.41) is 0. The lowest BCUT2D eigenvalue weighted by atomic mass is 10.4. The fourth-order valence-electron chi connectivity index (χ4n) is 0.641. The first-order chi connectivity index (χ1) is 5.70. The number of aliphatic imine (C=N–C) groups is 1. The minimum Gasteiger partial charge on any atom is -0.474 e. The molecule has 0 fully saturated rings. The topological polar surface area (TPSA) is 21.6 Å². The van der Waals surface area contributed by atoms with Crippen LogP contribution in [0.5, 0.6) is 0 Å². The van der Waals surface area contributed by atoms with Crippen LogP contribution in [-0.4, -0.2) is 18.5 Å². The van der Waals surface area contributed by atoms with Crippen LogP contribution >= 0.6 is 0 Å². The lowest BCUT2D eigenvalue weighted by Crippen LogP contribution is -2.09. The summed E-state index contributed by atoms with van der Waals surface area (Å²) in [6, 6.07) is 0. The third-order valence-electron chi connectivity index (χ3n) is 1.34. The second kappa shape index (κ2) is 6.65. The van der Waals surface area contributed by atoms with Crippen molar-refractivity contribution in [2.75, 3.05) is 6.54 Å². The lowest BCUT2D eigenvalue weighted by molar-refractivity contribution is 0.253. The van der Waals surface area contributed by atoms with E-state index in [1.54, 1.807) is 6.08 Å². The van der Waals surface area contributed by atoms with Gasteiger partial charge in [0, 0.05) is 6.92 Å². The van der Waals surface area contributed by atoms with E-state index in [-0.39, 0.29) is 6.10 Å². The molecule has 0 radical (unpaired) electrons. The molecule has 0 saturated heterocycles. The van der Waals surface area contributed by atoms with E-state index in [4.69, 9.17) is 4.74 Å². The maximum Gasteiger partial charge on any atom is 0.181 e. The van der Waals surface area contributed by atoms with E-state index in [0.29, 0.717) is 12.4 Å². The first-order valence-electron chi connectivity index (χ1n) is 4.12. The van der Waals surface area contributed by atoms with Crippen molar-refractivity contribution in [2.24, 2.45) is 4.99 Å². The number of rotatable bonds is 4. The SMILES string of the molecule is C=CC(C)OC(C)=NC/C=C\C. The summed E-state index contributed by atoms with van der Waals surface area (Å²) in [4.78, 5) is 4.16. The van der Waals surface area contributed by atoms with Gasteiger partial charge in [-0.3, -0.25) is 4.99 Å². The molecule has 0 amide bonds. The highest BCUT2D eigenvalue weighted by molar-refractivity contribution is 5.73. The Bertz CT molecular complexity index is 182. The Morgan fingerprint density at radius 2 is 2.33 bits per heavy atom. The highest BCUT2D eigenvalue weighted by atomic mass is 16.5. The van der Waals surface area contributed by atoms with Gasteiger partial charge in [0.25, 0.3) is 0 Å². The van der Waals surface area contributed by atoms with E-state index in [9.17, 15) is 0 Å². The molecule has 0 aromatic carbocycles. The Morgan fingerprint density at radius 3 is 2.83 bits per heavy atom. The molecule has 2 nitrogen and oxygen atoms in total. The predicted octanol–water partition coefficient (Wildman–Crippen LogP) is 2.57. The molecule has 0 saturated carbocycles. The largest absolute Gasteiger partial charge is 0.474 e. The van der Waals surface area contributed by atoms with E-state index < -0.39 is 0 Å². The lowest BCUT2D eigenvalue weighted by Gasteiger charge is -2.08. The van der Waals surface area contributed by atoms with Crippen LogP contribution in [0.2, 0.25) is 0 Å². The van der Waals surface area contributed by atoms with Gasteiger partial charge in [0.2, 0.25) is 0 Å². The zero-order chi connectivity index (χ0) is 9.40. The van der Waals surface area contributed by atoms with E-state index in [1.165, 1.54) is 0 Å². The molecule has 0 aliphatic rings. The standard InChI is InChI=1S/C10H17NO/c1-5-7-8-11-10(4)12-9(3)6-2/h5-7,9H,2,8H2,1,3-4H3/b7-5-,11-10?. The van der Waals surface area contributed by atoms with Crippen molar-refractivity contribution in [2.45, 2.75) is 26.9 Å². The molecule has 0 N–H and O–H groups in total. The third-order valence-corrected chi connectivity index (χ3v) is 1.34. The first kappa shape index (κ1) is 11.0. The van der Waals surface area contributed by atoms with Gasteiger partial charge in [0.05, 0.1) is 6.54 Å². The summed E-state index contributed by atoms with van der Waals surface area (Å²) in [7, 11) is 0. The summed E-state index contributed by atoms with van der Waals surface area (Å²) in [5.41, 5.74) is 0. The molecule has 0 spiro atoms. The van der Waals surface area contributed by atoms with Crippen LogP contribution < -0.4 is 0 Å². The molecule has 0 aromatic rings. The summed E-state index contributed by atoms with van der Waals surface area (Å²) in [5.74, 6) is 0.709. The van der Waals surface area contributed by atoms with Crippen molar-refractivity contribution >= 4 is 5.90 Å². The van der Waals surface area contributed by atoms with Crippen LogP contribution in [0.4, 0.5) is 0 Å². The zero-order valence-corrected chi connectivity index (χ0v) is 8.08. The van der Waals surface area contributed by atoms with Crippen molar-refractivity contribution in [3.63, 3.8) is 0 Å². The van der Waals surface area contributed by atoms with Crippen LogP contribution in [-0.2, 0) is 4.74 Å². The van der Waals surface area contributed by atoms with Crippen LogP contribution in [0.15, 0.2) is 29.8 Å².